The van der Waals surface area contributed by atoms with Crippen LogP contribution >= 0.6 is 0 Å². The van der Waals surface area contributed by atoms with Crippen molar-refractivity contribution in [2.45, 2.75) is 33.7 Å². The van der Waals surface area contributed by atoms with Crippen molar-refractivity contribution in [1.82, 2.24) is 10.2 Å². The number of ether oxygens (including phenoxy) is 2. The van der Waals surface area contributed by atoms with E-state index >= 15 is 0 Å². The average Bonchev–Trinajstić information content (AvgIpc) is 2.86. The lowest BCUT2D eigenvalue weighted by Gasteiger charge is -2.33. The molecule has 188 valence electrons. The van der Waals surface area contributed by atoms with E-state index in [1.54, 1.807) is 32.0 Å². The number of halogens is 1. The number of ketones is 1. The largest absolute Gasteiger partial charge is 0.482 e. The van der Waals surface area contributed by atoms with Crippen LogP contribution in [-0.4, -0.2) is 67.9 Å². The molecule has 0 unspecified atom stereocenters. The molecule has 8 nitrogen and oxygen atoms in total. The molecule has 0 saturated heterocycles. The summed E-state index contributed by atoms with van der Waals surface area (Å²) in [6, 6.07) is 8.25. The van der Waals surface area contributed by atoms with Gasteiger partial charge in [-0.05, 0) is 62.8 Å². The molecule has 2 aromatic carbocycles. The molecule has 9 heteroatoms. The van der Waals surface area contributed by atoms with E-state index in [9.17, 15) is 18.8 Å². The Bertz CT molecular complexity index is 1090. The fraction of sp³-hybridized carbons (Fsp3) is 0.423. The number of aryl methyl sites for hydroxylation is 1. The van der Waals surface area contributed by atoms with Crippen molar-refractivity contribution in [1.29, 1.82) is 0 Å². The third kappa shape index (κ3) is 6.36. The van der Waals surface area contributed by atoms with Crippen LogP contribution in [0.25, 0.3) is 0 Å². The van der Waals surface area contributed by atoms with Crippen LogP contribution in [0.5, 0.6) is 11.5 Å². The van der Waals surface area contributed by atoms with Gasteiger partial charge in [-0.15, -0.1) is 0 Å². The molecule has 1 aliphatic rings. The number of Topliss-reactive ketones (excluding diaryl/α,β-unsaturated/α-hetero) is 1. The zero-order chi connectivity index (χ0) is 25.5. The minimum Gasteiger partial charge on any atom is -0.482 e. The lowest BCUT2D eigenvalue weighted by molar-refractivity contribution is -0.127. The van der Waals surface area contributed by atoms with E-state index in [2.05, 4.69) is 24.1 Å². The molecule has 0 bridgehead atoms. The molecule has 1 heterocycles. The Kier molecular flexibility index (Phi) is 8.81. The SMILES string of the molecule is CCN(CC)CCNC(=O)[C@H](C)N1C(=O)COc2ccc(C(=O)COc3cc(C)ccc3F)cc21. The molecule has 3 rings (SSSR count). The molecule has 1 aliphatic heterocycles. The van der Waals surface area contributed by atoms with Gasteiger partial charge in [0, 0.05) is 18.7 Å². The Labute approximate surface area is 205 Å². The smallest absolute Gasteiger partial charge is 0.265 e. The minimum absolute atomic E-state index is 0.00791. The molecular weight excluding hydrogens is 453 g/mol. The number of nitrogens with one attached hydrogen (secondary N) is 1. The first-order chi connectivity index (χ1) is 16.7. The van der Waals surface area contributed by atoms with Gasteiger partial charge in [-0.25, -0.2) is 4.39 Å². The van der Waals surface area contributed by atoms with E-state index in [1.165, 1.54) is 23.1 Å². The fourth-order valence-corrected chi connectivity index (χ4v) is 3.86. The van der Waals surface area contributed by atoms with E-state index in [4.69, 9.17) is 9.47 Å². The predicted octanol–water partition coefficient (Wildman–Crippen LogP) is 2.97. The van der Waals surface area contributed by atoms with Crippen LogP contribution in [0.1, 0.15) is 36.7 Å². The summed E-state index contributed by atoms with van der Waals surface area (Å²) < 4.78 is 24.8. The fourth-order valence-electron chi connectivity index (χ4n) is 3.86. The highest BCUT2D eigenvalue weighted by molar-refractivity contribution is 6.05. The Hall–Kier alpha value is -3.46. The van der Waals surface area contributed by atoms with Crippen LogP contribution in [0, 0.1) is 12.7 Å². The molecule has 0 aliphatic carbocycles. The van der Waals surface area contributed by atoms with Crippen molar-refractivity contribution in [2.75, 3.05) is 44.3 Å². The first kappa shape index (κ1) is 26.2. The molecule has 0 fully saturated rings. The number of nitrogens with zero attached hydrogens (tertiary/aromatic N) is 2. The maximum atomic E-state index is 13.9. The summed E-state index contributed by atoms with van der Waals surface area (Å²) in [7, 11) is 0. The van der Waals surface area contributed by atoms with Crippen molar-refractivity contribution >= 4 is 23.3 Å². The second-order valence-corrected chi connectivity index (χ2v) is 8.37. The number of anilines is 1. The van der Waals surface area contributed by atoms with Gasteiger partial charge in [0.2, 0.25) is 5.91 Å². The van der Waals surface area contributed by atoms with Crippen LogP contribution in [0.4, 0.5) is 10.1 Å². The monoisotopic (exact) mass is 485 g/mol. The molecule has 0 aromatic heterocycles. The number of carbonyl (C=O) groups excluding carboxylic acids is 3. The molecule has 0 spiro atoms. The summed E-state index contributed by atoms with van der Waals surface area (Å²) in [5.41, 5.74) is 1.40. The van der Waals surface area contributed by atoms with Gasteiger partial charge in [-0.1, -0.05) is 19.9 Å². The van der Waals surface area contributed by atoms with E-state index in [1.807, 2.05) is 0 Å². The quantitative estimate of drug-likeness (QED) is 0.493. The molecule has 2 aromatic rings. The van der Waals surface area contributed by atoms with Crippen molar-refractivity contribution in [3.8, 4) is 11.5 Å². The number of likely N-dealkylation sites (N-methyl/N-ethyl adjacent to an activating group) is 1. The molecule has 1 atom stereocenters. The maximum absolute atomic E-state index is 13.9. The van der Waals surface area contributed by atoms with Gasteiger partial charge < -0.3 is 19.7 Å². The van der Waals surface area contributed by atoms with Gasteiger partial charge in [0.25, 0.3) is 5.91 Å². The van der Waals surface area contributed by atoms with E-state index in [0.29, 0.717) is 24.5 Å². The lowest BCUT2D eigenvalue weighted by Crippen LogP contribution is -2.52. The Morgan fingerprint density at radius 3 is 2.66 bits per heavy atom. The summed E-state index contributed by atoms with van der Waals surface area (Å²) in [6.45, 7) is 9.89. The van der Waals surface area contributed by atoms with Gasteiger partial charge >= 0.3 is 0 Å². The van der Waals surface area contributed by atoms with Crippen molar-refractivity contribution in [3.05, 3.63) is 53.3 Å². The van der Waals surface area contributed by atoms with E-state index in [-0.39, 0.29) is 36.3 Å². The summed E-state index contributed by atoms with van der Waals surface area (Å²) in [4.78, 5) is 41.8. The molecular formula is C26H32FN3O5. The summed E-state index contributed by atoms with van der Waals surface area (Å²) in [6.07, 6.45) is 0. The number of hydrogen-bond acceptors (Lipinski definition) is 6. The Balaban J connectivity index is 1.73. The number of hydrogen-bond donors (Lipinski definition) is 1. The van der Waals surface area contributed by atoms with Crippen LogP contribution in [0.2, 0.25) is 0 Å². The Morgan fingerprint density at radius 1 is 1.20 bits per heavy atom. The lowest BCUT2D eigenvalue weighted by atomic mass is 10.1. The molecule has 2 amide bonds. The highest BCUT2D eigenvalue weighted by atomic mass is 19.1. The first-order valence-corrected chi connectivity index (χ1v) is 11.8. The summed E-state index contributed by atoms with van der Waals surface area (Å²) >= 11 is 0. The number of carbonyl (C=O) groups is 3. The molecule has 35 heavy (non-hydrogen) atoms. The van der Waals surface area contributed by atoms with Gasteiger partial charge in [0.1, 0.15) is 11.8 Å². The third-order valence-corrected chi connectivity index (χ3v) is 5.99. The van der Waals surface area contributed by atoms with Gasteiger partial charge in [0.15, 0.2) is 30.6 Å². The van der Waals surface area contributed by atoms with Crippen molar-refractivity contribution in [3.63, 3.8) is 0 Å². The topological polar surface area (TPSA) is 88.2 Å². The predicted molar refractivity (Wildman–Crippen MR) is 131 cm³/mol. The van der Waals surface area contributed by atoms with Crippen molar-refractivity contribution in [2.24, 2.45) is 0 Å². The summed E-state index contributed by atoms with van der Waals surface area (Å²) in [5, 5.41) is 2.88. The highest BCUT2D eigenvalue weighted by Gasteiger charge is 2.33. The van der Waals surface area contributed by atoms with E-state index < -0.39 is 17.6 Å². The number of rotatable bonds is 11. The van der Waals surface area contributed by atoms with Gasteiger partial charge in [0.05, 0.1) is 5.69 Å². The van der Waals surface area contributed by atoms with Crippen LogP contribution in [0.15, 0.2) is 36.4 Å². The molecule has 1 N–H and O–H groups in total. The van der Waals surface area contributed by atoms with Crippen LogP contribution < -0.4 is 19.7 Å². The van der Waals surface area contributed by atoms with Gasteiger partial charge in [-0.2, -0.15) is 0 Å². The number of fused-ring (bicyclic) bond motifs is 1. The average molecular weight is 486 g/mol. The zero-order valence-corrected chi connectivity index (χ0v) is 20.6. The maximum Gasteiger partial charge on any atom is 0.265 e. The molecule has 0 radical (unpaired) electrons. The van der Waals surface area contributed by atoms with Gasteiger partial charge in [-0.3, -0.25) is 19.3 Å². The zero-order valence-electron chi connectivity index (χ0n) is 20.6. The van der Waals surface area contributed by atoms with Crippen LogP contribution in [-0.2, 0) is 9.59 Å². The molecule has 0 saturated carbocycles. The standard InChI is InChI=1S/C26H32FN3O5/c1-5-29(6-2)12-11-28-26(33)18(4)30-21-14-19(8-10-23(21)35-16-25(30)32)22(31)15-34-24-13-17(3)7-9-20(24)27/h7-10,13-14,18H,5-6,11-12,15-16H2,1-4H3,(H,28,33)/t18-/m0/s1. The number of amides is 2. The summed E-state index contributed by atoms with van der Waals surface area (Å²) in [5.74, 6) is -1.25. The second kappa shape index (κ2) is 11.8. The van der Waals surface area contributed by atoms with Crippen molar-refractivity contribution < 1.29 is 28.2 Å². The van der Waals surface area contributed by atoms with Crippen LogP contribution in [0.3, 0.4) is 0 Å². The second-order valence-electron chi connectivity index (χ2n) is 8.37. The normalized spacial score (nSPS) is 13.8. The highest BCUT2D eigenvalue weighted by Crippen LogP contribution is 2.34. The first-order valence-electron chi connectivity index (χ1n) is 11.8. The van der Waals surface area contributed by atoms with E-state index in [0.717, 1.165) is 18.7 Å². The number of benzene rings is 2. The minimum atomic E-state index is -0.801. The Morgan fingerprint density at radius 2 is 1.94 bits per heavy atom. The third-order valence-electron chi connectivity index (χ3n) is 5.99.